The second kappa shape index (κ2) is 8.18. The second-order valence-corrected chi connectivity index (χ2v) is 7.15. The third-order valence-electron chi connectivity index (χ3n) is 4.19. The fraction of sp³-hybridized carbons (Fsp3) is 0.150. The molecule has 4 rings (SSSR count). The van der Waals surface area contributed by atoms with Crippen LogP contribution in [0.15, 0.2) is 60.2 Å². The van der Waals surface area contributed by atoms with Crippen molar-refractivity contribution in [2.75, 3.05) is 11.9 Å². The summed E-state index contributed by atoms with van der Waals surface area (Å²) in [7, 11) is 0. The van der Waals surface area contributed by atoms with Crippen molar-refractivity contribution in [1.29, 1.82) is 0 Å². The van der Waals surface area contributed by atoms with Crippen molar-refractivity contribution in [2.45, 2.75) is 13.0 Å². The topological polar surface area (TPSA) is 71.8 Å². The smallest absolute Gasteiger partial charge is 0.261 e. The highest BCUT2D eigenvalue weighted by Crippen LogP contribution is 2.18. The van der Waals surface area contributed by atoms with Crippen LogP contribution in [0.25, 0.3) is 11.0 Å². The number of carbonyl (C=O) groups is 1. The Labute approximate surface area is 165 Å². The summed E-state index contributed by atoms with van der Waals surface area (Å²) in [6, 6.07) is 11.8. The quantitative estimate of drug-likeness (QED) is 0.460. The van der Waals surface area contributed by atoms with E-state index in [-0.39, 0.29) is 11.7 Å². The monoisotopic (exact) mass is 395 g/mol. The minimum atomic E-state index is -0.320. The van der Waals surface area contributed by atoms with Gasteiger partial charge in [-0.15, -0.1) is 11.3 Å². The zero-order valence-electron chi connectivity index (χ0n) is 14.9. The van der Waals surface area contributed by atoms with Crippen molar-refractivity contribution in [3.63, 3.8) is 0 Å². The first kappa shape index (κ1) is 18.1. The first-order chi connectivity index (χ1) is 13.7. The molecule has 6 nitrogen and oxygen atoms in total. The van der Waals surface area contributed by atoms with Crippen molar-refractivity contribution in [3.8, 4) is 0 Å². The van der Waals surface area contributed by atoms with Crippen LogP contribution < -0.4 is 10.6 Å². The molecule has 0 atom stereocenters. The maximum absolute atomic E-state index is 13.3. The molecule has 0 fully saturated rings. The van der Waals surface area contributed by atoms with Gasteiger partial charge >= 0.3 is 0 Å². The standard InChI is InChI=1S/C20H18FN5OS/c21-15-4-1-5-16(12-15)24-20-23-13-14-7-10-26(18(14)25-20)9-3-8-22-19(27)17-6-2-11-28-17/h1-2,4-7,10-13H,3,8-9H2,(H,22,27)(H,23,24,25). The number of thiophene rings is 1. The molecule has 28 heavy (non-hydrogen) atoms. The number of hydrogen-bond acceptors (Lipinski definition) is 5. The second-order valence-electron chi connectivity index (χ2n) is 6.20. The van der Waals surface area contributed by atoms with Gasteiger partial charge in [0.2, 0.25) is 5.95 Å². The molecule has 0 bridgehead atoms. The molecular weight excluding hydrogens is 377 g/mol. The van der Waals surface area contributed by atoms with Gasteiger partial charge in [0.25, 0.3) is 5.91 Å². The summed E-state index contributed by atoms with van der Waals surface area (Å²) in [5, 5.41) is 8.75. The summed E-state index contributed by atoms with van der Waals surface area (Å²) in [6.45, 7) is 1.29. The average Bonchev–Trinajstić information content (AvgIpc) is 3.35. The first-order valence-electron chi connectivity index (χ1n) is 8.85. The molecule has 3 aromatic heterocycles. The van der Waals surface area contributed by atoms with E-state index in [1.54, 1.807) is 18.3 Å². The van der Waals surface area contributed by atoms with Crippen molar-refractivity contribution >= 4 is 39.9 Å². The Hall–Kier alpha value is -3.26. The predicted molar refractivity (Wildman–Crippen MR) is 108 cm³/mol. The third-order valence-corrected chi connectivity index (χ3v) is 5.06. The number of nitrogens with zero attached hydrogens (tertiary/aromatic N) is 3. The van der Waals surface area contributed by atoms with E-state index < -0.39 is 0 Å². The molecule has 4 aromatic rings. The Bertz CT molecular complexity index is 1090. The highest BCUT2D eigenvalue weighted by Gasteiger charge is 2.08. The number of aryl methyl sites for hydroxylation is 1. The van der Waals surface area contributed by atoms with Crippen LogP contribution in [0, 0.1) is 5.82 Å². The molecule has 0 aliphatic rings. The van der Waals surface area contributed by atoms with E-state index in [2.05, 4.69) is 20.6 Å². The summed E-state index contributed by atoms with van der Waals surface area (Å²) < 4.78 is 15.4. The summed E-state index contributed by atoms with van der Waals surface area (Å²) >= 11 is 1.43. The van der Waals surface area contributed by atoms with E-state index in [1.165, 1.54) is 23.5 Å². The highest BCUT2D eigenvalue weighted by molar-refractivity contribution is 7.12. The fourth-order valence-electron chi connectivity index (χ4n) is 2.85. The lowest BCUT2D eigenvalue weighted by molar-refractivity contribution is 0.0957. The Morgan fingerprint density at radius 1 is 1.21 bits per heavy atom. The molecule has 0 saturated heterocycles. The average molecular weight is 395 g/mol. The summed E-state index contributed by atoms with van der Waals surface area (Å²) in [5.41, 5.74) is 1.38. The Balaban J connectivity index is 1.39. The Kier molecular flexibility index (Phi) is 5.29. The van der Waals surface area contributed by atoms with Gasteiger partial charge in [-0.25, -0.2) is 9.37 Å². The van der Waals surface area contributed by atoms with E-state index in [0.29, 0.717) is 29.6 Å². The molecule has 2 N–H and O–H groups in total. The molecular formula is C20H18FN5OS. The van der Waals surface area contributed by atoms with Gasteiger partial charge in [0.05, 0.1) is 4.88 Å². The minimum absolute atomic E-state index is 0.0451. The molecule has 0 unspecified atom stereocenters. The van der Waals surface area contributed by atoms with Crippen LogP contribution in [0.5, 0.6) is 0 Å². The van der Waals surface area contributed by atoms with Gasteiger partial charge in [-0.05, 0) is 42.1 Å². The van der Waals surface area contributed by atoms with E-state index in [4.69, 9.17) is 0 Å². The van der Waals surface area contributed by atoms with Crippen molar-refractivity contribution in [1.82, 2.24) is 19.9 Å². The maximum atomic E-state index is 13.3. The number of aromatic nitrogens is 3. The van der Waals surface area contributed by atoms with Gasteiger partial charge < -0.3 is 15.2 Å². The zero-order chi connectivity index (χ0) is 19.3. The van der Waals surface area contributed by atoms with E-state index in [0.717, 1.165) is 17.5 Å². The molecule has 3 heterocycles. The molecule has 0 aliphatic heterocycles. The maximum Gasteiger partial charge on any atom is 0.261 e. The van der Waals surface area contributed by atoms with Crippen LogP contribution in [-0.4, -0.2) is 27.0 Å². The van der Waals surface area contributed by atoms with E-state index in [1.807, 2.05) is 34.3 Å². The molecule has 0 aliphatic carbocycles. The number of amides is 1. The van der Waals surface area contributed by atoms with Crippen LogP contribution in [0.2, 0.25) is 0 Å². The number of carbonyl (C=O) groups excluding carboxylic acids is 1. The summed E-state index contributed by atoms with van der Waals surface area (Å²) in [4.78, 5) is 21.5. The lowest BCUT2D eigenvalue weighted by atomic mass is 10.3. The van der Waals surface area contributed by atoms with Gasteiger partial charge in [-0.1, -0.05) is 12.1 Å². The fourth-order valence-corrected chi connectivity index (χ4v) is 3.49. The number of halogens is 1. The molecule has 8 heteroatoms. The van der Waals surface area contributed by atoms with Gasteiger partial charge in [0, 0.05) is 36.6 Å². The predicted octanol–water partition coefficient (Wildman–Crippen LogP) is 4.20. The lowest BCUT2D eigenvalue weighted by Crippen LogP contribution is -2.24. The molecule has 0 saturated carbocycles. The molecule has 1 amide bonds. The number of anilines is 2. The van der Waals surface area contributed by atoms with Crippen LogP contribution >= 0.6 is 11.3 Å². The third kappa shape index (κ3) is 4.17. The number of rotatable bonds is 7. The number of fused-ring (bicyclic) bond motifs is 1. The van der Waals surface area contributed by atoms with Crippen LogP contribution in [-0.2, 0) is 6.54 Å². The normalized spacial score (nSPS) is 10.9. The molecule has 0 radical (unpaired) electrons. The summed E-state index contributed by atoms with van der Waals surface area (Å²) in [5.74, 6) is 0.0411. The van der Waals surface area contributed by atoms with Crippen LogP contribution in [0.3, 0.4) is 0 Å². The van der Waals surface area contributed by atoms with Gasteiger partial charge in [-0.3, -0.25) is 4.79 Å². The van der Waals surface area contributed by atoms with Crippen LogP contribution in [0.4, 0.5) is 16.0 Å². The van der Waals surface area contributed by atoms with Crippen molar-refractivity contribution < 1.29 is 9.18 Å². The SMILES string of the molecule is O=C(NCCCn1ccc2cnc(Nc3cccc(F)c3)nc21)c1cccs1. The van der Waals surface area contributed by atoms with Gasteiger partial charge in [0.1, 0.15) is 11.5 Å². The number of nitrogens with one attached hydrogen (secondary N) is 2. The van der Waals surface area contributed by atoms with Crippen molar-refractivity contribution in [2.24, 2.45) is 0 Å². The highest BCUT2D eigenvalue weighted by atomic mass is 32.1. The molecule has 0 spiro atoms. The Morgan fingerprint density at radius 2 is 2.14 bits per heavy atom. The van der Waals surface area contributed by atoms with Crippen LogP contribution in [0.1, 0.15) is 16.1 Å². The van der Waals surface area contributed by atoms with Gasteiger partial charge in [0.15, 0.2) is 0 Å². The zero-order valence-corrected chi connectivity index (χ0v) is 15.7. The molecule has 1 aromatic carbocycles. The lowest BCUT2D eigenvalue weighted by Gasteiger charge is -2.08. The van der Waals surface area contributed by atoms with E-state index >= 15 is 0 Å². The summed E-state index contributed by atoms with van der Waals surface area (Å²) in [6.07, 6.45) is 4.46. The van der Waals surface area contributed by atoms with Gasteiger partial charge in [-0.2, -0.15) is 4.98 Å². The largest absolute Gasteiger partial charge is 0.351 e. The Morgan fingerprint density at radius 3 is 2.96 bits per heavy atom. The minimum Gasteiger partial charge on any atom is -0.351 e. The first-order valence-corrected chi connectivity index (χ1v) is 9.73. The molecule has 142 valence electrons. The van der Waals surface area contributed by atoms with E-state index in [9.17, 15) is 9.18 Å². The number of hydrogen-bond donors (Lipinski definition) is 2. The number of benzene rings is 1. The van der Waals surface area contributed by atoms with Crippen molar-refractivity contribution in [3.05, 3.63) is 70.9 Å².